The molecule has 1 atom stereocenters. The van der Waals surface area contributed by atoms with E-state index in [1.54, 1.807) is 35.6 Å². The highest BCUT2D eigenvalue weighted by Crippen LogP contribution is 2.30. The molecule has 4 aromatic rings. The summed E-state index contributed by atoms with van der Waals surface area (Å²) in [6, 6.07) is 16.8. The van der Waals surface area contributed by atoms with Crippen molar-refractivity contribution in [1.29, 1.82) is 0 Å². The zero-order valence-corrected chi connectivity index (χ0v) is 27.4. The van der Waals surface area contributed by atoms with Gasteiger partial charge in [0.2, 0.25) is 5.95 Å². The first kappa shape index (κ1) is 37.5. The Bertz CT molecular complexity index is 1960. The van der Waals surface area contributed by atoms with E-state index in [9.17, 15) is 45.5 Å². The Balaban J connectivity index is 0.000000376. The molecular formula is C33H27ClF6N8O4. The number of alkyl halides is 6. The predicted octanol–water partition coefficient (Wildman–Crippen LogP) is 6.40. The van der Waals surface area contributed by atoms with E-state index >= 15 is 0 Å². The van der Waals surface area contributed by atoms with Gasteiger partial charge in [0.05, 0.1) is 6.20 Å². The van der Waals surface area contributed by atoms with E-state index in [0.717, 1.165) is 28.9 Å². The smallest absolute Gasteiger partial charge is 0.339 e. The molecule has 1 fully saturated rings. The average molecular weight is 749 g/mol. The summed E-state index contributed by atoms with van der Waals surface area (Å²) in [7, 11) is 0. The number of hydrogen-bond acceptors (Lipinski definition) is 9. The maximum atomic E-state index is 13.0. The van der Waals surface area contributed by atoms with Crippen molar-refractivity contribution in [3.8, 4) is 0 Å². The highest BCUT2D eigenvalue weighted by Gasteiger charge is 2.54. The SMILES string of the molecule is O=C(C(=O)C(F)(F)F)C(F)(F)F.O=C(Nc1ccc2cc1CCc1cccc(c1)Nc1ncc(Cl)c(n1)N2)N[C@H]1CCN(C(=O)c2ccncc2)C1. The van der Waals surface area contributed by atoms with Crippen LogP contribution in [0, 0.1) is 0 Å². The lowest BCUT2D eigenvalue weighted by atomic mass is 10.0. The molecule has 6 bridgehead atoms. The van der Waals surface area contributed by atoms with Crippen LogP contribution in [0.3, 0.4) is 0 Å². The van der Waals surface area contributed by atoms with Crippen molar-refractivity contribution in [1.82, 2.24) is 25.2 Å². The molecule has 1 saturated heterocycles. The van der Waals surface area contributed by atoms with Crippen LogP contribution in [0.25, 0.3) is 0 Å². The first-order valence-corrected chi connectivity index (χ1v) is 15.7. The summed E-state index contributed by atoms with van der Waals surface area (Å²) in [6.45, 7) is 1.04. The number of anilines is 5. The van der Waals surface area contributed by atoms with Gasteiger partial charge < -0.3 is 26.2 Å². The van der Waals surface area contributed by atoms with Crippen molar-refractivity contribution in [3.63, 3.8) is 0 Å². The number of nitrogens with zero attached hydrogens (tertiary/aromatic N) is 4. The minimum atomic E-state index is -5.77. The lowest BCUT2D eigenvalue weighted by molar-refractivity contribution is -0.193. The van der Waals surface area contributed by atoms with Gasteiger partial charge in [0.15, 0.2) is 5.82 Å². The molecule has 0 aliphatic carbocycles. The summed E-state index contributed by atoms with van der Waals surface area (Å²) in [5, 5.41) is 12.9. The number of likely N-dealkylation sites (tertiary alicyclic amines) is 1. The molecule has 272 valence electrons. The summed E-state index contributed by atoms with van der Waals surface area (Å²) < 4.78 is 67.0. The maximum absolute atomic E-state index is 13.0. The molecule has 12 nitrogen and oxygen atoms in total. The van der Waals surface area contributed by atoms with Crippen LogP contribution in [0.1, 0.15) is 27.9 Å². The Morgan fingerprint density at radius 2 is 1.56 bits per heavy atom. The molecule has 19 heteroatoms. The molecule has 6 rings (SSSR count). The minimum absolute atomic E-state index is 0.0587. The predicted molar refractivity (Wildman–Crippen MR) is 177 cm³/mol. The van der Waals surface area contributed by atoms with Crippen LogP contribution in [0.2, 0.25) is 5.02 Å². The Labute approximate surface area is 296 Å². The van der Waals surface area contributed by atoms with Gasteiger partial charge in [-0.1, -0.05) is 23.7 Å². The summed E-state index contributed by atoms with van der Waals surface area (Å²) in [4.78, 5) is 59.6. The molecule has 2 aliphatic heterocycles. The number of urea groups is 1. The molecule has 2 aromatic heterocycles. The van der Waals surface area contributed by atoms with Crippen molar-refractivity contribution in [2.75, 3.05) is 29.0 Å². The van der Waals surface area contributed by atoms with Crippen molar-refractivity contribution < 1.29 is 45.5 Å². The molecular weight excluding hydrogens is 722 g/mol. The van der Waals surface area contributed by atoms with Gasteiger partial charge in [-0.15, -0.1) is 0 Å². The number of pyridine rings is 1. The molecule has 2 aromatic carbocycles. The normalized spacial score (nSPS) is 15.2. The molecule has 4 N–H and O–H groups in total. The van der Waals surface area contributed by atoms with Crippen LogP contribution in [-0.4, -0.2) is 74.8 Å². The summed E-state index contributed by atoms with van der Waals surface area (Å²) in [5.74, 6) is -5.96. The number of aromatic nitrogens is 3. The lowest BCUT2D eigenvalue weighted by Gasteiger charge is -2.18. The highest BCUT2D eigenvalue weighted by atomic mass is 35.5. The second-order valence-electron chi connectivity index (χ2n) is 11.4. The van der Waals surface area contributed by atoms with E-state index in [4.69, 9.17) is 11.6 Å². The minimum Gasteiger partial charge on any atom is -0.339 e. The summed E-state index contributed by atoms with van der Waals surface area (Å²) >= 11 is 6.37. The number of Topliss-reactive ketones (excluding diaryl/α,β-unsaturated/α-hetero) is 2. The fraction of sp³-hybridized carbons (Fsp3) is 0.242. The maximum Gasteiger partial charge on any atom is 0.458 e. The lowest BCUT2D eigenvalue weighted by Crippen LogP contribution is -2.40. The zero-order valence-electron chi connectivity index (χ0n) is 26.6. The Hall–Kier alpha value is -5.78. The number of aryl methyl sites for hydroxylation is 2. The van der Waals surface area contributed by atoms with Crippen molar-refractivity contribution in [3.05, 3.63) is 94.9 Å². The van der Waals surface area contributed by atoms with E-state index in [1.807, 2.05) is 30.3 Å². The standard InChI is InChI=1S/C29H27ClN8O2.C4F6O2/c30-24-16-32-28-34-21-3-1-2-18(14-21)4-5-20-15-22(33-26(24)37-28)6-7-25(20)36-29(40)35-23-10-13-38(17-23)27(39)19-8-11-31-12-9-19;5-3(6,7)1(11)2(12)4(8,9)10/h1-3,6-9,11-12,14-16,23H,4-5,10,13,17H2,(H2,35,36,40)(H2,32,33,34,37);/t23-;/m0./s1. The van der Waals surface area contributed by atoms with E-state index in [1.165, 1.54) is 0 Å². The van der Waals surface area contributed by atoms with Gasteiger partial charge in [0, 0.05) is 54.2 Å². The molecule has 0 radical (unpaired) electrons. The Kier molecular flexibility index (Phi) is 11.3. The Morgan fingerprint density at radius 1 is 0.865 bits per heavy atom. The molecule has 4 heterocycles. The fourth-order valence-electron chi connectivity index (χ4n) is 5.21. The first-order valence-electron chi connectivity index (χ1n) is 15.3. The van der Waals surface area contributed by atoms with Crippen LogP contribution < -0.4 is 21.3 Å². The molecule has 0 saturated carbocycles. The molecule has 0 unspecified atom stereocenters. The van der Waals surface area contributed by atoms with E-state index < -0.39 is 23.9 Å². The molecule has 2 aliphatic rings. The highest BCUT2D eigenvalue weighted by molar-refractivity contribution is 6.41. The number of ketones is 2. The van der Waals surface area contributed by atoms with Gasteiger partial charge in [-0.2, -0.15) is 31.3 Å². The van der Waals surface area contributed by atoms with Gasteiger partial charge >= 0.3 is 30.0 Å². The monoisotopic (exact) mass is 748 g/mol. The molecule has 3 amide bonds. The molecule has 52 heavy (non-hydrogen) atoms. The number of nitrogens with one attached hydrogen (secondary N) is 4. The second-order valence-corrected chi connectivity index (χ2v) is 11.8. The van der Waals surface area contributed by atoms with E-state index in [0.29, 0.717) is 54.0 Å². The van der Waals surface area contributed by atoms with E-state index in [-0.39, 0.29) is 18.0 Å². The third kappa shape index (κ3) is 9.71. The van der Waals surface area contributed by atoms with Crippen molar-refractivity contribution in [2.45, 2.75) is 37.7 Å². The van der Waals surface area contributed by atoms with Gasteiger partial charge in [0.1, 0.15) is 5.02 Å². The average Bonchev–Trinajstić information content (AvgIpc) is 3.56. The molecule has 0 spiro atoms. The van der Waals surface area contributed by atoms with Crippen LogP contribution in [0.4, 0.5) is 60.0 Å². The number of carbonyl (C=O) groups excluding carboxylic acids is 4. The van der Waals surface area contributed by atoms with Gasteiger partial charge in [-0.05, 0) is 72.9 Å². The third-order valence-electron chi connectivity index (χ3n) is 7.69. The summed E-state index contributed by atoms with van der Waals surface area (Å²) in [5.41, 5.74) is 5.07. The summed E-state index contributed by atoms with van der Waals surface area (Å²) in [6.07, 6.45) is -4.63. The number of hydrogen-bond donors (Lipinski definition) is 4. The number of fused-ring (bicyclic) bond motifs is 6. The van der Waals surface area contributed by atoms with Crippen molar-refractivity contribution >= 4 is 63.9 Å². The fourth-order valence-corrected chi connectivity index (χ4v) is 5.34. The quantitative estimate of drug-likeness (QED) is 0.137. The van der Waals surface area contributed by atoms with Gasteiger partial charge in [-0.3, -0.25) is 19.4 Å². The third-order valence-corrected chi connectivity index (χ3v) is 7.96. The number of halogens is 7. The van der Waals surface area contributed by atoms with Crippen LogP contribution in [0.5, 0.6) is 0 Å². The van der Waals surface area contributed by atoms with Crippen LogP contribution in [0.15, 0.2) is 73.2 Å². The number of carbonyl (C=O) groups is 4. The largest absolute Gasteiger partial charge is 0.458 e. The first-order chi connectivity index (χ1) is 24.6. The van der Waals surface area contributed by atoms with Crippen LogP contribution >= 0.6 is 11.6 Å². The zero-order chi connectivity index (χ0) is 37.6. The van der Waals surface area contributed by atoms with Crippen LogP contribution in [-0.2, 0) is 22.4 Å². The topological polar surface area (TPSA) is 158 Å². The number of rotatable bonds is 4. The van der Waals surface area contributed by atoms with Gasteiger partial charge in [-0.25, -0.2) is 9.78 Å². The second kappa shape index (κ2) is 15.6. The van der Waals surface area contributed by atoms with Gasteiger partial charge in [0.25, 0.3) is 5.91 Å². The van der Waals surface area contributed by atoms with E-state index in [2.05, 4.69) is 48.4 Å². The Morgan fingerprint density at radius 3 is 2.25 bits per heavy atom. The number of benzene rings is 2. The van der Waals surface area contributed by atoms with Crippen molar-refractivity contribution in [2.24, 2.45) is 0 Å². The number of amides is 3.